The number of benzene rings is 1. The van der Waals surface area contributed by atoms with Crippen LogP contribution in [0.4, 0.5) is 0 Å². The Labute approximate surface area is 91.7 Å². The Balaban J connectivity index is 2.81. The highest BCUT2D eigenvalue weighted by molar-refractivity contribution is 9.10. The first-order valence-electron chi connectivity index (χ1n) is 3.82. The van der Waals surface area contributed by atoms with Crippen molar-refractivity contribution in [2.75, 3.05) is 5.75 Å². The molecule has 0 saturated carbocycles. The summed E-state index contributed by atoms with van der Waals surface area (Å²) in [6, 6.07) is 5.20. The molecule has 1 rings (SSSR count). The molecule has 1 aromatic rings. The van der Waals surface area contributed by atoms with Crippen molar-refractivity contribution in [2.24, 2.45) is 0 Å². The molecular weight excluding hydrogens is 248 g/mol. The van der Waals surface area contributed by atoms with Crippen molar-refractivity contribution in [1.29, 1.82) is 0 Å². The van der Waals surface area contributed by atoms with E-state index >= 15 is 0 Å². The molecule has 0 aliphatic rings. The molecule has 3 heteroatoms. The van der Waals surface area contributed by atoms with Gasteiger partial charge in [0.2, 0.25) is 0 Å². The molecule has 0 saturated heterocycles. The molecule has 0 bridgehead atoms. The maximum absolute atomic E-state index is 9.21. The molecule has 0 unspecified atom stereocenters. The molecule has 0 aromatic heterocycles. The molecule has 0 aliphatic heterocycles. The lowest BCUT2D eigenvalue weighted by Crippen LogP contribution is -1.75. The second-order valence-corrected chi connectivity index (χ2v) is 3.74. The Morgan fingerprint density at radius 3 is 2.85 bits per heavy atom. The third-order valence-corrected chi connectivity index (χ3v) is 2.28. The van der Waals surface area contributed by atoms with Gasteiger partial charge >= 0.3 is 0 Å². The van der Waals surface area contributed by atoms with Gasteiger partial charge in [-0.1, -0.05) is 11.8 Å². The number of halogens is 1. The quantitative estimate of drug-likeness (QED) is 0.585. The van der Waals surface area contributed by atoms with E-state index in [0.717, 1.165) is 17.7 Å². The standard InChI is InChI=1S/C10H9BrOS/c11-9-7-8(3-1-2-6-13)4-5-10(9)12/h4-5,7,12-13H,2,6H2. The van der Waals surface area contributed by atoms with Crippen LogP contribution in [0.2, 0.25) is 0 Å². The fraction of sp³-hybridized carbons (Fsp3) is 0.200. The predicted octanol–water partition coefficient (Wildman–Crippen LogP) is 2.83. The van der Waals surface area contributed by atoms with Gasteiger partial charge in [-0.2, -0.15) is 12.6 Å². The van der Waals surface area contributed by atoms with Gasteiger partial charge in [-0.15, -0.1) is 0 Å². The Morgan fingerprint density at radius 2 is 2.23 bits per heavy atom. The number of aromatic hydroxyl groups is 1. The summed E-state index contributed by atoms with van der Waals surface area (Å²) in [5.74, 6) is 6.95. The molecule has 1 N–H and O–H groups in total. The van der Waals surface area contributed by atoms with Crippen molar-refractivity contribution in [2.45, 2.75) is 6.42 Å². The molecule has 0 heterocycles. The summed E-state index contributed by atoms with van der Waals surface area (Å²) in [6.45, 7) is 0. The molecule has 0 radical (unpaired) electrons. The van der Waals surface area contributed by atoms with Crippen LogP contribution in [0.1, 0.15) is 12.0 Å². The molecule has 1 nitrogen and oxygen atoms in total. The molecule has 0 aliphatic carbocycles. The van der Waals surface area contributed by atoms with E-state index in [0.29, 0.717) is 4.47 Å². The molecule has 0 atom stereocenters. The summed E-state index contributed by atoms with van der Waals surface area (Å²) in [5.41, 5.74) is 0.895. The third kappa shape index (κ3) is 3.33. The second-order valence-electron chi connectivity index (χ2n) is 2.44. The lowest BCUT2D eigenvalue weighted by molar-refractivity contribution is 0.472. The van der Waals surface area contributed by atoms with Crippen LogP contribution >= 0.6 is 28.6 Å². The Bertz CT molecular complexity index is 352. The largest absolute Gasteiger partial charge is 0.507 e. The van der Waals surface area contributed by atoms with Crippen molar-refractivity contribution in [1.82, 2.24) is 0 Å². The zero-order chi connectivity index (χ0) is 9.68. The van der Waals surface area contributed by atoms with Gasteiger partial charge in [0.15, 0.2) is 0 Å². The minimum Gasteiger partial charge on any atom is -0.507 e. The molecular formula is C10H9BrOS. The normalized spacial score (nSPS) is 9.08. The fourth-order valence-electron chi connectivity index (χ4n) is 0.805. The van der Waals surface area contributed by atoms with Gasteiger partial charge in [0.05, 0.1) is 4.47 Å². The van der Waals surface area contributed by atoms with Crippen LogP contribution in [0.15, 0.2) is 22.7 Å². The average molecular weight is 257 g/mol. The number of rotatable bonds is 1. The summed E-state index contributed by atoms with van der Waals surface area (Å²) >= 11 is 7.27. The highest BCUT2D eigenvalue weighted by Gasteiger charge is 1.96. The first kappa shape index (κ1) is 10.5. The molecule has 0 spiro atoms. The van der Waals surface area contributed by atoms with Crippen LogP contribution in [0.3, 0.4) is 0 Å². The highest BCUT2D eigenvalue weighted by atomic mass is 79.9. The number of thiol groups is 1. The summed E-state index contributed by atoms with van der Waals surface area (Å²) in [4.78, 5) is 0. The maximum Gasteiger partial charge on any atom is 0.129 e. The van der Waals surface area contributed by atoms with Crippen molar-refractivity contribution >= 4 is 28.6 Å². The number of hydrogen-bond acceptors (Lipinski definition) is 2. The van der Waals surface area contributed by atoms with Gasteiger partial charge in [-0.05, 0) is 34.1 Å². The van der Waals surface area contributed by atoms with Crippen LogP contribution in [0.25, 0.3) is 0 Å². The van der Waals surface area contributed by atoms with E-state index in [1.165, 1.54) is 0 Å². The van der Waals surface area contributed by atoms with Crippen molar-refractivity contribution in [3.8, 4) is 17.6 Å². The van der Waals surface area contributed by atoms with Gasteiger partial charge in [-0.25, -0.2) is 0 Å². The summed E-state index contributed by atoms with van der Waals surface area (Å²) < 4.78 is 0.671. The predicted molar refractivity (Wildman–Crippen MR) is 61.2 cm³/mol. The van der Waals surface area contributed by atoms with E-state index in [9.17, 15) is 5.11 Å². The van der Waals surface area contributed by atoms with Crippen LogP contribution in [0, 0.1) is 11.8 Å². The number of phenolic OH excluding ortho intramolecular Hbond substituents is 1. The zero-order valence-corrected chi connectivity index (χ0v) is 9.40. The number of phenols is 1. The molecule has 1 aromatic carbocycles. The van der Waals surface area contributed by atoms with Gasteiger partial charge < -0.3 is 5.11 Å². The lowest BCUT2D eigenvalue weighted by Gasteiger charge is -1.95. The first-order valence-corrected chi connectivity index (χ1v) is 5.25. The molecule has 0 amide bonds. The molecule has 68 valence electrons. The van der Waals surface area contributed by atoms with Gasteiger partial charge in [0.25, 0.3) is 0 Å². The van der Waals surface area contributed by atoms with Crippen molar-refractivity contribution in [3.63, 3.8) is 0 Å². The van der Waals surface area contributed by atoms with E-state index in [2.05, 4.69) is 40.4 Å². The molecule has 0 fully saturated rings. The zero-order valence-electron chi connectivity index (χ0n) is 6.92. The topological polar surface area (TPSA) is 20.2 Å². The Morgan fingerprint density at radius 1 is 1.46 bits per heavy atom. The Kier molecular flexibility index (Phi) is 4.20. The van der Waals surface area contributed by atoms with Gasteiger partial charge in [0, 0.05) is 17.7 Å². The summed E-state index contributed by atoms with van der Waals surface area (Å²) in [5, 5.41) is 9.21. The first-order chi connectivity index (χ1) is 6.24. The third-order valence-electron chi connectivity index (χ3n) is 1.42. The monoisotopic (exact) mass is 256 g/mol. The van der Waals surface area contributed by atoms with E-state index in [-0.39, 0.29) is 5.75 Å². The van der Waals surface area contributed by atoms with Crippen molar-refractivity contribution < 1.29 is 5.11 Å². The summed E-state index contributed by atoms with van der Waals surface area (Å²) in [6.07, 6.45) is 0.779. The summed E-state index contributed by atoms with van der Waals surface area (Å²) in [7, 11) is 0. The minimum atomic E-state index is 0.236. The van der Waals surface area contributed by atoms with E-state index in [1.807, 2.05) is 0 Å². The van der Waals surface area contributed by atoms with Gasteiger partial charge in [0.1, 0.15) is 5.75 Å². The minimum absolute atomic E-state index is 0.236. The Hall–Kier alpha value is -0.590. The van der Waals surface area contributed by atoms with Crippen LogP contribution in [0.5, 0.6) is 5.75 Å². The SMILES string of the molecule is Oc1ccc(C#CCCS)cc1Br. The van der Waals surface area contributed by atoms with E-state index in [4.69, 9.17) is 0 Å². The van der Waals surface area contributed by atoms with Crippen molar-refractivity contribution in [3.05, 3.63) is 28.2 Å². The van der Waals surface area contributed by atoms with Crippen LogP contribution in [-0.4, -0.2) is 10.9 Å². The maximum atomic E-state index is 9.21. The van der Waals surface area contributed by atoms with Crippen LogP contribution in [-0.2, 0) is 0 Å². The van der Waals surface area contributed by atoms with Crippen LogP contribution < -0.4 is 0 Å². The fourth-order valence-corrected chi connectivity index (χ4v) is 1.30. The van der Waals surface area contributed by atoms with E-state index < -0.39 is 0 Å². The lowest BCUT2D eigenvalue weighted by atomic mass is 10.2. The smallest absolute Gasteiger partial charge is 0.129 e. The second kappa shape index (κ2) is 5.21. The average Bonchev–Trinajstić information content (AvgIpc) is 2.12. The van der Waals surface area contributed by atoms with Gasteiger partial charge in [-0.3, -0.25) is 0 Å². The number of hydrogen-bond donors (Lipinski definition) is 2. The highest BCUT2D eigenvalue weighted by Crippen LogP contribution is 2.23. The molecule has 13 heavy (non-hydrogen) atoms. The van der Waals surface area contributed by atoms with E-state index in [1.54, 1.807) is 18.2 Å².